The zero-order valence-corrected chi connectivity index (χ0v) is 12.2. The maximum Gasteiger partial charge on any atom is 0.335 e. The molecule has 0 aromatic heterocycles. The highest BCUT2D eigenvalue weighted by atomic mass is 35.5. The van der Waals surface area contributed by atoms with Crippen LogP contribution in [-0.4, -0.2) is 47.5 Å². The molecule has 0 atom stereocenters. The number of urea groups is 1. The Morgan fingerprint density at radius 1 is 1.29 bits per heavy atom. The van der Waals surface area contributed by atoms with E-state index in [1.165, 1.54) is 17.0 Å². The average Bonchev–Trinajstić information content (AvgIpc) is 2.42. The van der Waals surface area contributed by atoms with E-state index in [0.717, 1.165) is 0 Å². The Hall–Kier alpha value is -1.99. The van der Waals surface area contributed by atoms with Crippen molar-refractivity contribution in [3.05, 3.63) is 27.7 Å². The van der Waals surface area contributed by atoms with Gasteiger partial charge in [-0.1, -0.05) is 23.2 Å². The summed E-state index contributed by atoms with van der Waals surface area (Å²) in [7, 11) is 0. The molecule has 0 saturated carbocycles. The molecule has 9 heteroatoms. The van der Waals surface area contributed by atoms with Gasteiger partial charge in [-0.2, -0.15) is 0 Å². The number of carboxylic acids is 1. The molecule has 112 valence electrons. The van der Waals surface area contributed by atoms with E-state index in [9.17, 15) is 14.4 Å². The second-order valence-electron chi connectivity index (χ2n) is 4.32. The minimum absolute atomic E-state index is 0.00899. The van der Waals surface area contributed by atoms with Crippen molar-refractivity contribution in [2.75, 3.05) is 25.0 Å². The van der Waals surface area contributed by atoms with Gasteiger partial charge < -0.3 is 20.6 Å². The minimum Gasteiger partial charge on any atom is -0.478 e. The first-order valence-electron chi connectivity index (χ1n) is 5.93. The van der Waals surface area contributed by atoms with Crippen LogP contribution in [0.3, 0.4) is 0 Å². The molecule has 1 aromatic rings. The normalized spacial score (nSPS) is 14.6. The molecule has 0 spiro atoms. The van der Waals surface area contributed by atoms with E-state index in [-0.39, 0.29) is 33.7 Å². The fourth-order valence-corrected chi connectivity index (χ4v) is 2.40. The number of carbonyl (C=O) groups is 3. The molecule has 0 radical (unpaired) electrons. The quantitative estimate of drug-likeness (QED) is 0.767. The topological polar surface area (TPSA) is 98.7 Å². The lowest BCUT2D eigenvalue weighted by Crippen LogP contribution is -2.51. The van der Waals surface area contributed by atoms with Gasteiger partial charge in [-0.3, -0.25) is 4.79 Å². The highest BCUT2D eigenvalue weighted by Gasteiger charge is 2.23. The molecule has 1 saturated heterocycles. The fourth-order valence-electron chi connectivity index (χ4n) is 1.81. The van der Waals surface area contributed by atoms with Crippen LogP contribution < -0.4 is 10.6 Å². The number of piperazine rings is 1. The minimum atomic E-state index is -1.18. The summed E-state index contributed by atoms with van der Waals surface area (Å²) < 4.78 is 0. The van der Waals surface area contributed by atoms with Gasteiger partial charge in [0.25, 0.3) is 0 Å². The second kappa shape index (κ2) is 6.19. The van der Waals surface area contributed by atoms with Crippen molar-refractivity contribution >= 4 is 46.8 Å². The molecule has 1 aliphatic rings. The van der Waals surface area contributed by atoms with Gasteiger partial charge in [0, 0.05) is 13.1 Å². The Kier molecular flexibility index (Phi) is 4.54. The molecule has 1 heterocycles. The first kappa shape index (κ1) is 15.4. The first-order valence-corrected chi connectivity index (χ1v) is 6.69. The summed E-state index contributed by atoms with van der Waals surface area (Å²) >= 11 is 11.9. The molecule has 0 aliphatic carbocycles. The third kappa shape index (κ3) is 3.56. The fraction of sp³-hybridized carbons (Fsp3) is 0.250. The lowest BCUT2D eigenvalue weighted by molar-refractivity contribution is -0.123. The molecule has 21 heavy (non-hydrogen) atoms. The van der Waals surface area contributed by atoms with Crippen molar-refractivity contribution in [3.8, 4) is 0 Å². The van der Waals surface area contributed by atoms with Crippen LogP contribution in [0.5, 0.6) is 0 Å². The Morgan fingerprint density at radius 3 is 2.43 bits per heavy atom. The van der Waals surface area contributed by atoms with Crippen molar-refractivity contribution in [1.82, 2.24) is 10.2 Å². The lowest BCUT2D eigenvalue weighted by Gasteiger charge is -2.27. The maximum atomic E-state index is 12.0. The lowest BCUT2D eigenvalue weighted by atomic mass is 10.2. The smallest absolute Gasteiger partial charge is 0.335 e. The maximum absolute atomic E-state index is 12.0. The summed E-state index contributed by atoms with van der Waals surface area (Å²) in [6, 6.07) is 1.85. The standard InChI is InChI=1S/C12H11Cl2N3O4/c13-7-3-6(11(19)20)4-8(14)10(7)16-12(21)17-2-1-15-9(18)5-17/h3-4H,1-2,5H2,(H,15,18)(H,16,21)(H,19,20). The van der Waals surface area contributed by atoms with Gasteiger partial charge in [-0.25, -0.2) is 9.59 Å². The highest BCUT2D eigenvalue weighted by Crippen LogP contribution is 2.32. The monoisotopic (exact) mass is 331 g/mol. The van der Waals surface area contributed by atoms with Crippen molar-refractivity contribution in [1.29, 1.82) is 0 Å². The molecule has 0 bridgehead atoms. The van der Waals surface area contributed by atoms with Gasteiger partial charge in [0.1, 0.15) is 6.54 Å². The Bertz CT molecular complexity index is 598. The SMILES string of the molecule is O=C1CN(C(=O)Nc2c(Cl)cc(C(=O)O)cc2Cl)CCN1. The van der Waals surface area contributed by atoms with Gasteiger partial charge in [0.05, 0.1) is 21.3 Å². The molecular formula is C12H11Cl2N3O4. The van der Waals surface area contributed by atoms with E-state index in [0.29, 0.717) is 13.1 Å². The third-order valence-electron chi connectivity index (χ3n) is 2.85. The Morgan fingerprint density at radius 2 is 1.90 bits per heavy atom. The largest absolute Gasteiger partial charge is 0.478 e. The van der Waals surface area contributed by atoms with E-state index in [1.807, 2.05) is 0 Å². The van der Waals surface area contributed by atoms with E-state index < -0.39 is 12.0 Å². The van der Waals surface area contributed by atoms with Crippen LogP contribution in [0.15, 0.2) is 12.1 Å². The third-order valence-corrected chi connectivity index (χ3v) is 3.44. The number of halogens is 2. The van der Waals surface area contributed by atoms with Crippen molar-refractivity contribution in [3.63, 3.8) is 0 Å². The van der Waals surface area contributed by atoms with Gasteiger partial charge in [0.15, 0.2) is 0 Å². The number of hydrogen-bond donors (Lipinski definition) is 3. The Balaban J connectivity index is 2.17. The van der Waals surface area contributed by atoms with Crippen LogP contribution in [0, 0.1) is 0 Å². The number of carboxylic acid groups (broad SMARTS) is 1. The van der Waals surface area contributed by atoms with E-state index in [4.69, 9.17) is 28.3 Å². The predicted octanol–water partition coefficient (Wildman–Crippen LogP) is 1.66. The van der Waals surface area contributed by atoms with Gasteiger partial charge in [-0.15, -0.1) is 0 Å². The number of anilines is 1. The van der Waals surface area contributed by atoms with Crippen molar-refractivity contribution in [2.24, 2.45) is 0 Å². The number of nitrogens with one attached hydrogen (secondary N) is 2. The predicted molar refractivity (Wildman–Crippen MR) is 77.0 cm³/mol. The number of aromatic carboxylic acids is 1. The summed E-state index contributed by atoms with van der Waals surface area (Å²) in [5.41, 5.74) is 0.0275. The molecule has 3 amide bonds. The van der Waals surface area contributed by atoms with E-state index in [2.05, 4.69) is 10.6 Å². The number of rotatable bonds is 2. The van der Waals surface area contributed by atoms with Crippen LogP contribution in [-0.2, 0) is 4.79 Å². The number of hydrogen-bond acceptors (Lipinski definition) is 3. The van der Waals surface area contributed by atoms with Crippen LogP contribution in [0.2, 0.25) is 10.0 Å². The van der Waals surface area contributed by atoms with Crippen LogP contribution >= 0.6 is 23.2 Å². The summed E-state index contributed by atoms with van der Waals surface area (Å²) in [6.45, 7) is 0.667. The van der Waals surface area contributed by atoms with Gasteiger partial charge in [0.2, 0.25) is 5.91 Å². The number of carbonyl (C=O) groups excluding carboxylic acids is 2. The van der Waals surface area contributed by atoms with Crippen LogP contribution in [0.25, 0.3) is 0 Å². The molecule has 3 N–H and O–H groups in total. The first-order chi connectivity index (χ1) is 9.88. The van der Waals surface area contributed by atoms with Crippen LogP contribution in [0.1, 0.15) is 10.4 Å². The van der Waals surface area contributed by atoms with E-state index in [1.54, 1.807) is 0 Å². The van der Waals surface area contributed by atoms with E-state index >= 15 is 0 Å². The number of amides is 3. The van der Waals surface area contributed by atoms with Crippen LogP contribution in [0.4, 0.5) is 10.5 Å². The molecule has 2 rings (SSSR count). The summed E-state index contributed by atoms with van der Waals surface area (Å²) in [5.74, 6) is -1.43. The molecule has 1 aromatic carbocycles. The van der Waals surface area contributed by atoms with Gasteiger partial charge in [-0.05, 0) is 12.1 Å². The summed E-state index contributed by atoms with van der Waals surface area (Å²) in [4.78, 5) is 35.4. The summed E-state index contributed by atoms with van der Waals surface area (Å²) in [5, 5.41) is 14.0. The van der Waals surface area contributed by atoms with Crippen molar-refractivity contribution < 1.29 is 19.5 Å². The molecule has 0 unspecified atom stereocenters. The van der Waals surface area contributed by atoms with Crippen molar-refractivity contribution in [2.45, 2.75) is 0 Å². The number of benzene rings is 1. The molecule has 1 fully saturated rings. The molecule has 7 nitrogen and oxygen atoms in total. The highest BCUT2D eigenvalue weighted by molar-refractivity contribution is 6.40. The molecular weight excluding hydrogens is 321 g/mol. The zero-order valence-electron chi connectivity index (χ0n) is 10.7. The average molecular weight is 332 g/mol. The Labute approximate surface area is 129 Å². The number of nitrogens with zero attached hydrogens (tertiary/aromatic N) is 1. The second-order valence-corrected chi connectivity index (χ2v) is 5.14. The van der Waals surface area contributed by atoms with Gasteiger partial charge >= 0.3 is 12.0 Å². The summed E-state index contributed by atoms with van der Waals surface area (Å²) in [6.07, 6.45) is 0. The molecule has 1 aliphatic heterocycles. The zero-order chi connectivity index (χ0) is 15.6.